The first-order valence-electron chi connectivity index (χ1n) is 6.95. The maximum atomic E-state index is 13.7. The highest BCUT2D eigenvalue weighted by molar-refractivity contribution is 7.89. The van der Waals surface area contributed by atoms with Crippen LogP contribution in [0.15, 0.2) is 23.1 Å². The van der Waals surface area contributed by atoms with Gasteiger partial charge in [-0.3, -0.25) is 4.79 Å². The largest absolute Gasteiger partial charge is 0.494 e. The van der Waals surface area contributed by atoms with Gasteiger partial charge in [0.1, 0.15) is 0 Å². The summed E-state index contributed by atoms with van der Waals surface area (Å²) in [6.45, 7) is 0.234. The molecule has 0 spiro atoms. The Morgan fingerprint density at radius 1 is 1.43 bits per heavy atom. The first kappa shape index (κ1) is 17.6. The molecule has 1 fully saturated rings. The van der Waals surface area contributed by atoms with Gasteiger partial charge in [0.25, 0.3) is 0 Å². The van der Waals surface area contributed by atoms with Crippen LogP contribution in [-0.2, 0) is 19.6 Å². The Bertz CT molecular complexity index is 685. The van der Waals surface area contributed by atoms with Crippen LogP contribution in [0.25, 0.3) is 0 Å². The van der Waals surface area contributed by atoms with Crippen molar-refractivity contribution in [1.29, 1.82) is 0 Å². The quantitative estimate of drug-likeness (QED) is 0.796. The van der Waals surface area contributed by atoms with Crippen LogP contribution in [0.1, 0.15) is 12.8 Å². The number of halogens is 1. The van der Waals surface area contributed by atoms with Crippen molar-refractivity contribution in [3.63, 3.8) is 0 Å². The van der Waals surface area contributed by atoms with Crippen LogP contribution in [0.4, 0.5) is 4.39 Å². The molecule has 0 aromatic heterocycles. The summed E-state index contributed by atoms with van der Waals surface area (Å²) in [6.07, 6.45) is 0.420. The number of methoxy groups -OCH3 is 1. The molecular weight excluding hydrogens is 329 g/mol. The Labute approximate surface area is 133 Å². The van der Waals surface area contributed by atoms with Gasteiger partial charge in [0.2, 0.25) is 10.0 Å². The number of hydrogen-bond acceptors (Lipinski definition) is 5. The fourth-order valence-electron chi connectivity index (χ4n) is 2.36. The Morgan fingerprint density at radius 2 is 2.09 bits per heavy atom. The van der Waals surface area contributed by atoms with Gasteiger partial charge in [0.15, 0.2) is 11.6 Å². The first-order valence-corrected chi connectivity index (χ1v) is 8.43. The van der Waals surface area contributed by atoms with E-state index in [1.807, 2.05) is 0 Å². The maximum Gasteiger partial charge on any atom is 0.311 e. The zero-order valence-corrected chi connectivity index (χ0v) is 13.4. The summed E-state index contributed by atoms with van der Waals surface area (Å²) >= 11 is 0. The summed E-state index contributed by atoms with van der Waals surface area (Å²) in [7, 11) is -2.76. The molecule has 0 radical (unpaired) electrons. The molecule has 0 amide bonds. The van der Waals surface area contributed by atoms with E-state index in [0.717, 1.165) is 6.07 Å². The molecule has 1 aromatic carbocycles. The zero-order valence-electron chi connectivity index (χ0n) is 12.5. The van der Waals surface area contributed by atoms with E-state index in [0.29, 0.717) is 0 Å². The minimum atomic E-state index is -4.03. The average Bonchev–Trinajstić information content (AvgIpc) is 2.53. The van der Waals surface area contributed by atoms with Crippen LogP contribution in [0, 0.1) is 11.2 Å². The number of ether oxygens (including phenoxy) is 2. The van der Waals surface area contributed by atoms with E-state index in [2.05, 4.69) is 4.72 Å². The molecule has 0 saturated carbocycles. The van der Waals surface area contributed by atoms with Gasteiger partial charge in [0, 0.05) is 19.8 Å². The molecule has 1 aromatic rings. The fraction of sp³-hybridized carbons (Fsp3) is 0.500. The van der Waals surface area contributed by atoms with E-state index in [-0.39, 0.29) is 43.2 Å². The number of hydrogen-bond donors (Lipinski definition) is 2. The number of nitrogens with one attached hydrogen (secondary N) is 1. The third kappa shape index (κ3) is 3.80. The van der Waals surface area contributed by atoms with E-state index in [1.165, 1.54) is 19.2 Å². The highest BCUT2D eigenvalue weighted by atomic mass is 32.2. The molecule has 1 aliphatic heterocycles. The minimum Gasteiger partial charge on any atom is -0.494 e. The number of carbonyl (C=O) groups is 1. The van der Waals surface area contributed by atoms with Crippen LogP contribution < -0.4 is 9.46 Å². The number of aliphatic carboxylic acids is 1. The van der Waals surface area contributed by atoms with Crippen molar-refractivity contribution in [2.45, 2.75) is 17.7 Å². The fourth-order valence-corrected chi connectivity index (χ4v) is 3.50. The van der Waals surface area contributed by atoms with Crippen LogP contribution >= 0.6 is 0 Å². The zero-order chi connectivity index (χ0) is 17.1. The lowest BCUT2D eigenvalue weighted by Gasteiger charge is -2.33. The predicted octanol–water partition coefficient (Wildman–Crippen LogP) is 0.994. The van der Waals surface area contributed by atoms with Gasteiger partial charge in [-0.1, -0.05) is 0 Å². The monoisotopic (exact) mass is 347 g/mol. The summed E-state index contributed by atoms with van der Waals surface area (Å²) in [5, 5.41) is 9.40. The van der Waals surface area contributed by atoms with Crippen molar-refractivity contribution in [2.24, 2.45) is 5.41 Å². The van der Waals surface area contributed by atoms with E-state index in [4.69, 9.17) is 9.47 Å². The SMILES string of the molecule is COc1ccc(S(=O)(=O)NCC2(C(=O)O)CCOCC2)cc1F. The number of rotatable bonds is 6. The summed E-state index contributed by atoms with van der Waals surface area (Å²) in [5.74, 6) is -1.96. The molecular formula is C14H18FNO6S. The van der Waals surface area contributed by atoms with Crippen molar-refractivity contribution in [3.8, 4) is 5.75 Å². The summed E-state index contributed by atoms with van der Waals surface area (Å²) in [4.78, 5) is 11.2. The second-order valence-electron chi connectivity index (χ2n) is 5.32. The van der Waals surface area contributed by atoms with Crippen LogP contribution in [0.3, 0.4) is 0 Å². The van der Waals surface area contributed by atoms with E-state index < -0.39 is 27.2 Å². The molecule has 1 aliphatic rings. The van der Waals surface area contributed by atoms with E-state index >= 15 is 0 Å². The van der Waals surface area contributed by atoms with Gasteiger partial charge in [0.05, 0.1) is 17.4 Å². The van der Waals surface area contributed by atoms with Crippen molar-refractivity contribution in [2.75, 3.05) is 26.9 Å². The number of carboxylic acids is 1. The van der Waals surface area contributed by atoms with E-state index in [1.54, 1.807) is 0 Å². The lowest BCUT2D eigenvalue weighted by molar-refractivity contribution is -0.154. The molecule has 0 bridgehead atoms. The molecule has 1 saturated heterocycles. The number of sulfonamides is 1. The maximum absolute atomic E-state index is 13.7. The molecule has 7 nitrogen and oxygen atoms in total. The van der Waals surface area contributed by atoms with Gasteiger partial charge in [-0.25, -0.2) is 17.5 Å². The second kappa shape index (κ2) is 6.81. The van der Waals surface area contributed by atoms with Crippen molar-refractivity contribution in [1.82, 2.24) is 4.72 Å². The van der Waals surface area contributed by atoms with Gasteiger partial charge in [-0.2, -0.15) is 0 Å². The normalized spacial score (nSPS) is 17.7. The molecule has 2 N–H and O–H groups in total. The lowest BCUT2D eigenvalue weighted by atomic mass is 9.80. The molecule has 9 heteroatoms. The lowest BCUT2D eigenvalue weighted by Crippen LogP contribution is -2.46. The molecule has 0 unspecified atom stereocenters. The molecule has 0 atom stereocenters. The molecule has 23 heavy (non-hydrogen) atoms. The summed E-state index contributed by atoms with van der Waals surface area (Å²) in [5.41, 5.74) is -1.21. The Balaban J connectivity index is 2.17. The second-order valence-corrected chi connectivity index (χ2v) is 7.09. The summed E-state index contributed by atoms with van der Waals surface area (Å²) in [6, 6.07) is 3.23. The van der Waals surface area contributed by atoms with Crippen LogP contribution in [0.2, 0.25) is 0 Å². The average molecular weight is 347 g/mol. The standard InChI is InChI=1S/C14H18FNO6S/c1-21-12-3-2-10(8-11(12)15)23(19,20)16-9-14(13(17)18)4-6-22-7-5-14/h2-3,8,16H,4-7,9H2,1H3,(H,17,18). The van der Waals surface area contributed by atoms with Gasteiger partial charge >= 0.3 is 5.97 Å². The smallest absolute Gasteiger partial charge is 0.311 e. The van der Waals surface area contributed by atoms with E-state index in [9.17, 15) is 22.7 Å². The topological polar surface area (TPSA) is 102 Å². The highest BCUT2D eigenvalue weighted by Crippen LogP contribution is 2.31. The van der Waals surface area contributed by atoms with Crippen LogP contribution in [0.5, 0.6) is 5.75 Å². The Kier molecular flexibility index (Phi) is 5.23. The Morgan fingerprint density at radius 3 is 2.61 bits per heavy atom. The van der Waals surface area contributed by atoms with Crippen LogP contribution in [-0.4, -0.2) is 46.4 Å². The third-order valence-corrected chi connectivity index (χ3v) is 5.34. The highest BCUT2D eigenvalue weighted by Gasteiger charge is 2.41. The predicted molar refractivity (Wildman–Crippen MR) is 78.3 cm³/mol. The molecule has 2 rings (SSSR count). The molecule has 1 heterocycles. The first-order chi connectivity index (χ1) is 10.8. The minimum absolute atomic E-state index is 0.0737. The third-order valence-electron chi connectivity index (χ3n) is 3.94. The molecule has 0 aliphatic carbocycles. The van der Waals surface area contributed by atoms with Crippen molar-refractivity contribution in [3.05, 3.63) is 24.0 Å². The van der Waals surface area contributed by atoms with Gasteiger partial charge in [-0.05, 0) is 31.0 Å². The van der Waals surface area contributed by atoms with Gasteiger partial charge in [-0.15, -0.1) is 0 Å². The van der Waals surface area contributed by atoms with Gasteiger partial charge < -0.3 is 14.6 Å². The number of benzene rings is 1. The number of carboxylic acid groups (broad SMARTS) is 1. The van der Waals surface area contributed by atoms with Crippen molar-refractivity contribution < 1.29 is 32.2 Å². The Hall–Kier alpha value is -1.71. The van der Waals surface area contributed by atoms with Crippen molar-refractivity contribution >= 4 is 16.0 Å². The summed E-state index contributed by atoms with van der Waals surface area (Å²) < 4.78 is 50.3. The molecule has 128 valence electrons.